The molecule has 3 heterocycles. The van der Waals surface area contributed by atoms with Crippen molar-refractivity contribution < 1.29 is 14.3 Å². The fourth-order valence-corrected chi connectivity index (χ4v) is 3.71. The van der Waals surface area contributed by atoms with Crippen molar-refractivity contribution in [2.24, 2.45) is 5.41 Å². The van der Waals surface area contributed by atoms with Gasteiger partial charge in [0, 0.05) is 18.7 Å². The van der Waals surface area contributed by atoms with Gasteiger partial charge in [-0.05, 0) is 32.0 Å². The molecule has 1 amide bonds. The Morgan fingerprint density at radius 1 is 1.27 bits per heavy atom. The zero-order valence-electron chi connectivity index (χ0n) is 12.7. The van der Waals surface area contributed by atoms with Gasteiger partial charge in [-0.2, -0.15) is 0 Å². The van der Waals surface area contributed by atoms with Crippen LogP contribution in [0.4, 0.5) is 0 Å². The maximum Gasteiger partial charge on any atom is 0.253 e. The van der Waals surface area contributed by atoms with Gasteiger partial charge in [0.1, 0.15) is 0 Å². The second-order valence-electron chi connectivity index (χ2n) is 6.67. The van der Waals surface area contributed by atoms with Gasteiger partial charge in [-0.1, -0.05) is 0 Å². The Labute approximate surface area is 132 Å². The molecule has 0 aliphatic carbocycles. The third kappa shape index (κ3) is 2.31. The first-order valence-electron chi connectivity index (χ1n) is 7.37. The number of carbonyl (C=O) groups is 1. The zero-order chi connectivity index (χ0) is 15.4. The number of hydrogen-bond acceptors (Lipinski definition) is 5. The monoisotopic (exact) mass is 318 g/mol. The summed E-state index contributed by atoms with van der Waals surface area (Å²) in [6, 6.07) is 5.69. The van der Waals surface area contributed by atoms with E-state index in [2.05, 4.69) is 4.98 Å². The second-order valence-corrected chi connectivity index (χ2v) is 7.56. The lowest BCUT2D eigenvalue weighted by Crippen LogP contribution is -2.65. The molecule has 0 bridgehead atoms. The van der Waals surface area contributed by atoms with Crippen LogP contribution < -0.4 is 0 Å². The molecule has 0 N–H and O–H groups in total. The highest BCUT2D eigenvalue weighted by Crippen LogP contribution is 2.38. The zero-order valence-corrected chi connectivity index (χ0v) is 13.5. The molecule has 0 atom stereocenters. The Hall–Kier alpha value is -1.50. The summed E-state index contributed by atoms with van der Waals surface area (Å²) in [6.45, 7) is 6.54. The Morgan fingerprint density at radius 3 is 2.73 bits per heavy atom. The van der Waals surface area contributed by atoms with Crippen LogP contribution in [0.25, 0.3) is 10.2 Å². The summed E-state index contributed by atoms with van der Waals surface area (Å²) in [4.78, 5) is 18.7. The molecule has 116 valence electrons. The Bertz CT molecular complexity index is 722. The van der Waals surface area contributed by atoms with E-state index in [-0.39, 0.29) is 11.3 Å². The number of benzene rings is 1. The maximum absolute atomic E-state index is 12.6. The molecule has 1 aromatic carbocycles. The molecule has 1 spiro atoms. The molecule has 2 aliphatic heterocycles. The number of nitrogens with zero attached hydrogens (tertiary/aromatic N) is 2. The highest BCUT2D eigenvalue weighted by molar-refractivity contribution is 7.16. The number of hydrogen-bond donors (Lipinski definition) is 0. The van der Waals surface area contributed by atoms with Gasteiger partial charge in [-0.3, -0.25) is 4.79 Å². The van der Waals surface area contributed by atoms with Crippen molar-refractivity contribution in [2.45, 2.75) is 19.6 Å². The number of thiazole rings is 1. The van der Waals surface area contributed by atoms with E-state index in [1.165, 1.54) is 0 Å². The van der Waals surface area contributed by atoms with Gasteiger partial charge in [0.05, 0.1) is 34.4 Å². The predicted molar refractivity (Wildman–Crippen MR) is 83.9 cm³/mol. The van der Waals surface area contributed by atoms with Gasteiger partial charge >= 0.3 is 0 Å². The number of fused-ring (bicyclic) bond motifs is 1. The average molecular weight is 318 g/mol. The third-order valence-electron chi connectivity index (χ3n) is 4.37. The predicted octanol–water partition coefficient (Wildman–Crippen LogP) is 2.52. The minimum absolute atomic E-state index is 0.0280. The fourth-order valence-electron chi connectivity index (χ4n) is 3.00. The molecule has 22 heavy (non-hydrogen) atoms. The van der Waals surface area contributed by atoms with Crippen LogP contribution in [0.5, 0.6) is 0 Å². The number of likely N-dealkylation sites (tertiary alicyclic amines) is 1. The van der Waals surface area contributed by atoms with Crippen LogP contribution in [0.2, 0.25) is 0 Å². The molecular weight excluding hydrogens is 300 g/mol. The van der Waals surface area contributed by atoms with E-state index < -0.39 is 5.79 Å². The summed E-state index contributed by atoms with van der Waals surface area (Å²) in [5.74, 6) is -0.432. The summed E-state index contributed by atoms with van der Waals surface area (Å²) in [7, 11) is 0. The fraction of sp³-hybridized carbons (Fsp3) is 0.500. The Morgan fingerprint density at radius 2 is 2.00 bits per heavy atom. The first kappa shape index (κ1) is 14.1. The van der Waals surface area contributed by atoms with Crippen LogP contribution in [-0.2, 0) is 9.47 Å². The summed E-state index contributed by atoms with van der Waals surface area (Å²) >= 11 is 1.56. The van der Waals surface area contributed by atoms with E-state index in [0.717, 1.165) is 15.8 Å². The van der Waals surface area contributed by atoms with Crippen LogP contribution in [0.15, 0.2) is 23.7 Å². The third-order valence-corrected chi connectivity index (χ3v) is 5.16. The first-order valence-corrected chi connectivity index (χ1v) is 8.25. The largest absolute Gasteiger partial charge is 0.350 e. The number of rotatable bonds is 1. The number of aromatic nitrogens is 1. The van der Waals surface area contributed by atoms with Gasteiger partial charge in [-0.25, -0.2) is 4.98 Å². The number of amides is 1. The first-order chi connectivity index (χ1) is 10.5. The molecule has 2 aromatic rings. The van der Waals surface area contributed by atoms with Gasteiger partial charge < -0.3 is 14.4 Å². The summed E-state index contributed by atoms with van der Waals surface area (Å²) < 4.78 is 12.5. The standard InChI is InChI=1S/C16H18N2O3S/c1-15(2)20-8-16(9-21-15)6-18(7-16)14(19)11-3-4-12-13(5-11)22-10-17-12/h3-5,10H,6-9H2,1-2H3. The molecule has 2 aliphatic rings. The van der Waals surface area contributed by atoms with E-state index in [1.807, 2.05) is 36.9 Å². The lowest BCUT2D eigenvalue weighted by Gasteiger charge is -2.54. The van der Waals surface area contributed by atoms with Crippen molar-refractivity contribution in [2.75, 3.05) is 26.3 Å². The number of ether oxygens (including phenoxy) is 2. The van der Waals surface area contributed by atoms with Crippen molar-refractivity contribution in [1.82, 2.24) is 9.88 Å². The van der Waals surface area contributed by atoms with Crippen molar-refractivity contribution in [3.05, 3.63) is 29.3 Å². The number of carbonyl (C=O) groups excluding carboxylic acids is 1. The molecule has 1 aromatic heterocycles. The highest BCUT2D eigenvalue weighted by atomic mass is 32.1. The smallest absolute Gasteiger partial charge is 0.253 e. The quantitative estimate of drug-likeness (QED) is 0.811. The van der Waals surface area contributed by atoms with Gasteiger partial charge in [0.15, 0.2) is 5.79 Å². The van der Waals surface area contributed by atoms with E-state index >= 15 is 0 Å². The average Bonchev–Trinajstić information content (AvgIpc) is 2.92. The molecule has 2 saturated heterocycles. The lowest BCUT2D eigenvalue weighted by atomic mass is 9.80. The van der Waals surface area contributed by atoms with Crippen molar-refractivity contribution in [1.29, 1.82) is 0 Å². The lowest BCUT2D eigenvalue weighted by molar-refractivity contribution is -0.301. The van der Waals surface area contributed by atoms with E-state index in [9.17, 15) is 4.79 Å². The highest BCUT2D eigenvalue weighted by Gasteiger charge is 2.50. The molecule has 0 unspecified atom stereocenters. The SMILES string of the molecule is CC1(C)OCC2(CO1)CN(C(=O)c1ccc3ncsc3c1)C2. The molecule has 0 saturated carbocycles. The van der Waals surface area contributed by atoms with Crippen LogP contribution >= 0.6 is 11.3 Å². The van der Waals surface area contributed by atoms with Crippen molar-refractivity contribution in [3.8, 4) is 0 Å². The molecule has 5 nitrogen and oxygen atoms in total. The van der Waals surface area contributed by atoms with E-state index in [0.29, 0.717) is 26.3 Å². The summed E-state index contributed by atoms with van der Waals surface area (Å²) in [5.41, 5.74) is 3.44. The van der Waals surface area contributed by atoms with Gasteiger partial charge in [-0.15, -0.1) is 11.3 Å². The van der Waals surface area contributed by atoms with Gasteiger partial charge in [0.25, 0.3) is 5.91 Å². The van der Waals surface area contributed by atoms with Crippen molar-refractivity contribution >= 4 is 27.5 Å². The van der Waals surface area contributed by atoms with E-state index in [1.54, 1.807) is 16.8 Å². The minimum atomic E-state index is -0.507. The van der Waals surface area contributed by atoms with Crippen LogP contribution in [0, 0.1) is 5.41 Å². The van der Waals surface area contributed by atoms with E-state index in [4.69, 9.17) is 9.47 Å². The second kappa shape index (κ2) is 4.75. The van der Waals surface area contributed by atoms with Crippen LogP contribution in [0.3, 0.4) is 0 Å². The Kier molecular flexibility index (Phi) is 3.04. The van der Waals surface area contributed by atoms with Crippen LogP contribution in [-0.4, -0.2) is 47.9 Å². The van der Waals surface area contributed by atoms with Crippen LogP contribution in [0.1, 0.15) is 24.2 Å². The molecule has 2 fully saturated rings. The molecule has 0 radical (unpaired) electrons. The topological polar surface area (TPSA) is 51.7 Å². The maximum atomic E-state index is 12.6. The minimum Gasteiger partial charge on any atom is -0.350 e. The molecule has 6 heteroatoms. The molecule has 4 rings (SSSR count). The van der Waals surface area contributed by atoms with Crippen molar-refractivity contribution in [3.63, 3.8) is 0 Å². The Balaban J connectivity index is 1.45. The summed E-state index contributed by atoms with van der Waals surface area (Å²) in [5, 5.41) is 0. The van der Waals surface area contributed by atoms with Gasteiger partial charge in [0.2, 0.25) is 0 Å². The normalized spacial score (nSPS) is 22.7. The summed E-state index contributed by atoms with van der Waals surface area (Å²) in [6.07, 6.45) is 0. The molecular formula is C16H18N2O3S.